The summed E-state index contributed by atoms with van der Waals surface area (Å²) in [6, 6.07) is 5.68. The lowest BCUT2D eigenvalue weighted by molar-refractivity contribution is -0.385. The van der Waals surface area contributed by atoms with Crippen LogP contribution in [0.3, 0.4) is 0 Å². The second-order valence-corrected chi connectivity index (χ2v) is 5.10. The van der Waals surface area contributed by atoms with Gasteiger partial charge in [0.2, 0.25) is 11.6 Å². The first-order valence-corrected chi connectivity index (χ1v) is 6.56. The maximum atomic E-state index is 12.6. The number of hydrogen-bond donors (Lipinski definition) is 0. The van der Waals surface area contributed by atoms with Gasteiger partial charge in [-0.05, 0) is 12.1 Å². The van der Waals surface area contributed by atoms with Gasteiger partial charge in [0, 0.05) is 17.7 Å². The quantitative estimate of drug-likeness (QED) is 0.525. The third-order valence-corrected chi connectivity index (χ3v) is 3.81. The van der Waals surface area contributed by atoms with Crippen LogP contribution < -0.4 is 0 Å². The minimum atomic E-state index is -0.879. The number of fused-ring (bicyclic) bond motifs is 2. The van der Waals surface area contributed by atoms with Crippen LogP contribution in [0.25, 0.3) is 0 Å². The van der Waals surface area contributed by atoms with Gasteiger partial charge >= 0.3 is 0 Å². The van der Waals surface area contributed by atoms with Gasteiger partial charge in [0.25, 0.3) is 11.4 Å². The van der Waals surface area contributed by atoms with E-state index in [1.807, 2.05) is 0 Å². The zero-order chi connectivity index (χ0) is 16.9. The van der Waals surface area contributed by atoms with Crippen LogP contribution in [0.4, 0.5) is 11.4 Å². The van der Waals surface area contributed by atoms with Crippen molar-refractivity contribution in [1.82, 2.24) is 0 Å². The van der Waals surface area contributed by atoms with Crippen LogP contribution in [0.15, 0.2) is 30.3 Å². The van der Waals surface area contributed by atoms with E-state index >= 15 is 0 Å². The Labute approximate surface area is 132 Å². The normalized spacial score (nSPS) is 12.6. The number of nitro groups is 2. The molecule has 1 aliphatic rings. The minimum Gasteiger partial charge on any atom is -0.288 e. The number of rotatable bonds is 2. The number of nitro benzene ring substituents is 2. The third kappa shape index (κ3) is 2.00. The highest BCUT2D eigenvalue weighted by atomic mass is 35.5. The molecule has 0 aliphatic heterocycles. The summed E-state index contributed by atoms with van der Waals surface area (Å²) in [5.74, 6) is -1.72. The van der Waals surface area contributed by atoms with Crippen molar-refractivity contribution < 1.29 is 19.4 Å². The molecule has 0 saturated heterocycles. The van der Waals surface area contributed by atoms with E-state index in [1.165, 1.54) is 12.1 Å². The molecule has 0 amide bonds. The zero-order valence-corrected chi connectivity index (χ0v) is 11.9. The van der Waals surface area contributed by atoms with E-state index in [0.717, 1.165) is 18.2 Å². The van der Waals surface area contributed by atoms with Gasteiger partial charge in [0.05, 0.1) is 20.4 Å². The lowest BCUT2D eigenvalue weighted by Gasteiger charge is -2.18. The predicted molar refractivity (Wildman–Crippen MR) is 78.1 cm³/mol. The van der Waals surface area contributed by atoms with Gasteiger partial charge in [-0.15, -0.1) is 0 Å². The Kier molecular flexibility index (Phi) is 3.19. The van der Waals surface area contributed by atoms with Gasteiger partial charge in [-0.25, -0.2) is 0 Å². The monoisotopic (exact) mass is 332 g/mol. The molecule has 0 saturated carbocycles. The van der Waals surface area contributed by atoms with Crippen molar-refractivity contribution in [2.45, 2.75) is 0 Å². The topological polar surface area (TPSA) is 120 Å². The van der Waals surface area contributed by atoms with E-state index in [1.54, 1.807) is 0 Å². The Morgan fingerprint density at radius 1 is 0.783 bits per heavy atom. The fourth-order valence-corrected chi connectivity index (χ4v) is 2.79. The van der Waals surface area contributed by atoms with E-state index in [4.69, 9.17) is 11.6 Å². The number of ketones is 2. The maximum absolute atomic E-state index is 12.6. The molecule has 0 bridgehead atoms. The first-order valence-electron chi connectivity index (χ1n) is 6.18. The average Bonchev–Trinajstić information content (AvgIpc) is 2.51. The molecule has 3 rings (SSSR count). The van der Waals surface area contributed by atoms with Crippen molar-refractivity contribution >= 4 is 34.5 Å². The van der Waals surface area contributed by atoms with Crippen LogP contribution in [-0.2, 0) is 0 Å². The van der Waals surface area contributed by atoms with Gasteiger partial charge in [-0.2, -0.15) is 0 Å². The molecule has 1 aliphatic carbocycles. The fourth-order valence-electron chi connectivity index (χ4n) is 2.55. The number of benzene rings is 2. The van der Waals surface area contributed by atoms with E-state index in [0.29, 0.717) is 0 Å². The molecule has 2 aromatic carbocycles. The lowest BCUT2D eigenvalue weighted by Crippen LogP contribution is -2.23. The Hall–Kier alpha value is -3.13. The fraction of sp³-hybridized carbons (Fsp3) is 0. The highest BCUT2D eigenvalue weighted by Crippen LogP contribution is 2.39. The molecule has 0 aromatic heterocycles. The van der Waals surface area contributed by atoms with Crippen LogP contribution in [0, 0.1) is 20.2 Å². The van der Waals surface area contributed by atoms with Crippen LogP contribution in [0.1, 0.15) is 31.8 Å². The summed E-state index contributed by atoms with van der Waals surface area (Å²) in [4.78, 5) is 45.8. The lowest BCUT2D eigenvalue weighted by atomic mass is 9.82. The second-order valence-electron chi connectivity index (χ2n) is 4.69. The molecule has 0 spiro atoms. The summed E-state index contributed by atoms with van der Waals surface area (Å²) in [6.07, 6.45) is 0. The summed E-state index contributed by atoms with van der Waals surface area (Å²) in [6.45, 7) is 0. The molecule has 0 N–H and O–H groups in total. The Morgan fingerprint density at radius 3 is 2.00 bits per heavy atom. The molecule has 114 valence electrons. The third-order valence-electron chi connectivity index (χ3n) is 3.49. The summed E-state index contributed by atoms with van der Waals surface area (Å²) in [7, 11) is 0. The number of carbonyl (C=O) groups is 2. The highest BCUT2D eigenvalue weighted by molar-refractivity contribution is 6.40. The molecule has 2 aromatic rings. The van der Waals surface area contributed by atoms with Crippen LogP contribution in [0.5, 0.6) is 0 Å². The number of halogens is 1. The molecule has 23 heavy (non-hydrogen) atoms. The van der Waals surface area contributed by atoms with Crippen molar-refractivity contribution in [1.29, 1.82) is 0 Å². The summed E-state index contributed by atoms with van der Waals surface area (Å²) in [5, 5.41) is 22.0. The van der Waals surface area contributed by atoms with E-state index in [-0.39, 0.29) is 16.1 Å². The Bertz CT molecular complexity index is 937. The summed E-state index contributed by atoms with van der Waals surface area (Å²) in [5.41, 5.74) is -2.60. The standard InChI is InChI=1S/C14H5ClN2O6/c15-7-4-5-9(17(22)23)12-11(7)14(19)10-6(13(12)18)2-1-3-8(10)16(20)21/h1-5H. The summed E-state index contributed by atoms with van der Waals surface area (Å²) >= 11 is 5.91. The van der Waals surface area contributed by atoms with Gasteiger partial charge in [0.15, 0.2) is 0 Å². The first-order chi connectivity index (χ1) is 10.8. The molecular formula is C14H5ClN2O6. The smallest absolute Gasteiger partial charge is 0.281 e. The van der Waals surface area contributed by atoms with Crippen molar-refractivity contribution in [3.63, 3.8) is 0 Å². The average molecular weight is 333 g/mol. The number of carbonyl (C=O) groups excluding carboxylic acids is 2. The Balaban J connectivity index is 2.43. The number of hydrogen-bond acceptors (Lipinski definition) is 6. The van der Waals surface area contributed by atoms with Crippen LogP contribution in [0.2, 0.25) is 5.02 Å². The van der Waals surface area contributed by atoms with Crippen molar-refractivity contribution in [2.24, 2.45) is 0 Å². The van der Waals surface area contributed by atoms with Crippen molar-refractivity contribution in [2.75, 3.05) is 0 Å². The zero-order valence-electron chi connectivity index (χ0n) is 11.1. The largest absolute Gasteiger partial charge is 0.288 e. The van der Waals surface area contributed by atoms with Crippen LogP contribution in [-0.4, -0.2) is 21.4 Å². The highest BCUT2D eigenvalue weighted by Gasteiger charge is 2.40. The van der Waals surface area contributed by atoms with E-state index in [9.17, 15) is 29.8 Å². The molecule has 9 heteroatoms. The number of nitrogens with zero attached hydrogens (tertiary/aromatic N) is 2. The summed E-state index contributed by atoms with van der Waals surface area (Å²) < 4.78 is 0. The molecule has 0 radical (unpaired) electrons. The second kappa shape index (κ2) is 4.96. The van der Waals surface area contributed by atoms with Gasteiger partial charge in [0.1, 0.15) is 11.1 Å². The first kappa shape index (κ1) is 14.8. The SMILES string of the molecule is O=C1c2c(cccc2[N+](=O)[O-])C(=O)c2c([N+](=O)[O-])ccc(Cl)c21. The van der Waals surface area contributed by atoms with Gasteiger partial charge in [-0.3, -0.25) is 29.8 Å². The van der Waals surface area contributed by atoms with Crippen molar-refractivity contribution in [3.05, 3.63) is 77.8 Å². The Morgan fingerprint density at radius 2 is 1.39 bits per heavy atom. The van der Waals surface area contributed by atoms with Crippen molar-refractivity contribution in [3.8, 4) is 0 Å². The van der Waals surface area contributed by atoms with Crippen LogP contribution >= 0.6 is 11.6 Å². The molecule has 8 nitrogen and oxygen atoms in total. The molecule has 0 atom stereocenters. The van der Waals surface area contributed by atoms with Gasteiger partial charge < -0.3 is 0 Å². The molecule has 0 fully saturated rings. The maximum Gasteiger partial charge on any atom is 0.281 e. The minimum absolute atomic E-state index is 0.173. The predicted octanol–water partition coefficient (Wildman–Crippen LogP) is 2.93. The van der Waals surface area contributed by atoms with E-state index in [2.05, 4.69) is 0 Å². The van der Waals surface area contributed by atoms with Gasteiger partial charge in [-0.1, -0.05) is 17.7 Å². The molecule has 0 unspecified atom stereocenters. The van der Waals surface area contributed by atoms with E-state index < -0.39 is 43.9 Å². The molecule has 0 heterocycles. The molecular weight excluding hydrogens is 328 g/mol.